The number of halogens is 1. The van der Waals surface area contributed by atoms with Crippen LogP contribution in [0.3, 0.4) is 0 Å². The lowest BCUT2D eigenvalue weighted by atomic mass is 10.1. The van der Waals surface area contributed by atoms with Gasteiger partial charge in [0, 0.05) is 18.1 Å². The normalized spacial score (nSPS) is 11.2. The topological polar surface area (TPSA) is 61.8 Å². The van der Waals surface area contributed by atoms with Crippen molar-refractivity contribution in [1.82, 2.24) is 18.7 Å². The van der Waals surface area contributed by atoms with Gasteiger partial charge in [-0.05, 0) is 43.2 Å². The highest BCUT2D eigenvalue weighted by Gasteiger charge is 2.19. The Bertz CT molecular complexity index is 1300. The van der Waals surface area contributed by atoms with E-state index >= 15 is 0 Å². The summed E-state index contributed by atoms with van der Waals surface area (Å²) in [6, 6.07) is 15.0. The second-order valence-electron chi connectivity index (χ2n) is 6.62. The number of hydrogen-bond donors (Lipinski definition) is 0. The number of aromatic nitrogens is 4. The summed E-state index contributed by atoms with van der Waals surface area (Å²) in [7, 11) is 0. The summed E-state index contributed by atoms with van der Waals surface area (Å²) >= 11 is 6.12. The number of fused-ring (bicyclic) bond motifs is 1. The zero-order chi connectivity index (χ0) is 19.8. The molecule has 28 heavy (non-hydrogen) atoms. The molecule has 0 aliphatic heterocycles. The van der Waals surface area contributed by atoms with Gasteiger partial charge in [0.2, 0.25) is 0 Å². The van der Waals surface area contributed by atoms with E-state index in [2.05, 4.69) is 4.98 Å². The number of rotatable bonds is 4. The third-order valence-corrected chi connectivity index (χ3v) is 5.12. The van der Waals surface area contributed by atoms with Crippen LogP contribution >= 0.6 is 11.6 Å². The molecule has 0 atom stereocenters. The number of hydrogen-bond acceptors (Lipinski definition) is 3. The summed E-state index contributed by atoms with van der Waals surface area (Å²) in [5.74, 6) is 0. The maximum atomic E-state index is 13.1. The van der Waals surface area contributed by atoms with Gasteiger partial charge in [0.25, 0.3) is 5.56 Å². The van der Waals surface area contributed by atoms with Gasteiger partial charge < -0.3 is 4.57 Å². The molecule has 0 saturated heterocycles. The van der Waals surface area contributed by atoms with E-state index in [-0.39, 0.29) is 12.1 Å². The molecule has 2 heterocycles. The van der Waals surface area contributed by atoms with Gasteiger partial charge in [-0.2, -0.15) is 0 Å². The van der Waals surface area contributed by atoms with E-state index in [9.17, 15) is 9.59 Å². The Balaban J connectivity index is 2.02. The fourth-order valence-corrected chi connectivity index (χ4v) is 3.58. The van der Waals surface area contributed by atoms with Crippen molar-refractivity contribution in [3.8, 4) is 5.69 Å². The fourth-order valence-electron chi connectivity index (χ4n) is 3.40. The highest BCUT2D eigenvalue weighted by molar-refractivity contribution is 6.30. The van der Waals surface area contributed by atoms with Gasteiger partial charge in [0.05, 0.1) is 12.0 Å². The molecule has 2 aromatic carbocycles. The molecule has 0 unspecified atom stereocenters. The van der Waals surface area contributed by atoms with Crippen molar-refractivity contribution in [1.29, 1.82) is 0 Å². The smallest absolute Gasteiger partial charge is 0.320 e. The molecule has 0 fully saturated rings. The molecule has 0 bridgehead atoms. The van der Waals surface area contributed by atoms with Crippen molar-refractivity contribution in [3.05, 3.63) is 91.8 Å². The summed E-state index contributed by atoms with van der Waals surface area (Å²) < 4.78 is 4.46. The van der Waals surface area contributed by atoms with Crippen LogP contribution in [0.1, 0.15) is 18.1 Å². The van der Waals surface area contributed by atoms with E-state index in [1.165, 1.54) is 9.13 Å². The average Bonchev–Trinajstić information content (AvgIpc) is 3.08. The van der Waals surface area contributed by atoms with Crippen LogP contribution in [0.5, 0.6) is 0 Å². The molecule has 4 rings (SSSR count). The van der Waals surface area contributed by atoms with Gasteiger partial charge in [-0.3, -0.25) is 9.36 Å². The van der Waals surface area contributed by atoms with Gasteiger partial charge in [0.1, 0.15) is 0 Å². The van der Waals surface area contributed by atoms with E-state index in [0.29, 0.717) is 28.4 Å². The lowest BCUT2D eigenvalue weighted by Gasteiger charge is -2.12. The van der Waals surface area contributed by atoms with E-state index in [1.807, 2.05) is 31.2 Å². The number of aryl methyl sites for hydroxylation is 1. The molecule has 0 amide bonds. The van der Waals surface area contributed by atoms with Crippen molar-refractivity contribution in [2.45, 2.75) is 26.9 Å². The first-order valence-corrected chi connectivity index (χ1v) is 9.40. The molecule has 7 heteroatoms. The minimum atomic E-state index is -0.427. The van der Waals surface area contributed by atoms with Crippen LogP contribution in [0.25, 0.3) is 16.9 Å². The predicted molar refractivity (Wildman–Crippen MR) is 111 cm³/mol. The van der Waals surface area contributed by atoms with Crippen LogP contribution in [-0.4, -0.2) is 18.7 Å². The Labute approximate surface area is 166 Å². The molecule has 0 aliphatic rings. The van der Waals surface area contributed by atoms with E-state index < -0.39 is 5.69 Å². The molecule has 0 saturated carbocycles. The zero-order valence-electron chi connectivity index (χ0n) is 15.6. The van der Waals surface area contributed by atoms with Crippen molar-refractivity contribution >= 4 is 22.8 Å². The monoisotopic (exact) mass is 394 g/mol. The highest BCUT2D eigenvalue weighted by atomic mass is 35.5. The maximum Gasteiger partial charge on any atom is 0.337 e. The van der Waals surface area contributed by atoms with Gasteiger partial charge >= 0.3 is 5.69 Å². The van der Waals surface area contributed by atoms with Crippen LogP contribution in [-0.2, 0) is 13.1 Å². The number of imidazole rings is 1. The molecule has 0 aliphatic carbocycles. The second kappa shape index (κ2) is 7.13. The lowest BCUT2D eigenvalue weighted by molar-refractivity contribution is 0.655. The van der Waals surface area contributed by atoms with Crippen LogP contribution in [0.4, 0.5) is 0 Å². The van der Waals surface area contributed by atoms with Gasteiger partial charge in [0.15, 0.2) is 11.2 Å². The molecule has 2 aromatic heterocycles. The molecule has 0 spiro atoms. The molecular weight excluding hydrogens is 376 g/mol. The Morgan fingerprint density at radius 1 is 1.07 bits per heavy atom. The average molecular weight is 395 g/mol. The van der Waals surface area contributed by atoms with Crippen LogP contribution in [0, 0.1) is 6.92 Å². The van der Waals surface area contributed by atoms with Crippen molar-refractivity contribution in [2.24, 2.45) is 0 Å². The number of benzene rings is 2. The minimum absolute atomic E-state index is 0.268. The summed E-state index contributed by atoms with van der Waals surface area (Å²) in [5.41, 5.74) is 2.74. The third kappa shape index (κ3) is 2.96. The first-order chi connectivity index (χ1) is 13.5. The van der Waals surface area contributed by atoms with Crippen molar-refractivity contribution in [2.75, 3.05) is 0 Å². The highest BCUT2D eigenvalue weighted by Crippen LogP contribution is 2.18. The van der Waals surface area contributed by atoms with Crippen LogP contribution in [0.15, 0.2) is 64.4 Å². The van der Waals surface area contributed by atoms with Crippen molar-refractivity contribution < 1.29 is 0 Å². The molecule has 4 aromatic rings. The predicted octanol–water partition coefficient (Wildman–Crippen LogP) is 3.38. The van der Waals surface area contributed by atoms with E-state index in [4.69, 9.17) is 11.6 Å². The summed E-state index contributed by atoms with van der Waals surface area (Å²) in [4.78, 5) is 30.5. The molecule has 142 valence electrons. The SMILES string of the molecule is CCn1c(=O)c2c(ncn2Cc2ccccc2C)n(-c2cccc(Cl)c2)c1=O. The zero-order valence-corrected chi connectivity index (χ0v) is 16.3. The minimum Gasteiger partial charge on any atom is -0.320 e. The van der Waals surface area contributed by atoms with Crippen LogP contribution < -0.4 is 11.2 Å². The lowest BCUT2D eigenvalue weighted by Crippen LogP contribution is -2.39. The van der Waals surface area contributed by atoms with Crippen molar-refractivity contribution in [3.63, 3.8) is 0 Å². The Morgan fingerprint density at radius 2 is 1.86 bits per heavy atom. The molecule has 0 radical (unpaired) electrons. The third-order valence-electron chi connectivity index (χ3n) is 4.88. The Kier molecular flexibility index (Phi) is 4.65. The largest absolute Gasteiger partial charge is 0.337 e. The van der Waals surface area contributed by atoms with Gasteiger partial charge in [-0.15, -0.1) is 0 Å². The first kappa shape index (κ1) is 18.3. The molecule has 0 N–H and O–H groups in total. The standard InChI is InChI=1S/C21H19ClN4O2/c1-3-25-20(27)18-19(26(21(25)28)17-10-6-9-16(22)11-17)23-13-24(18)12-15-8-5-4-7-14(15)2/h4-11,13H,3,12H2,1-2H3. The van der Waals surface area contributed by atoms with E-state index in [1.54, 1.807) is 42.1 Å². The summed E-state index contributed by atoms with van der Waals surface area (Å²) in [6.45, 7) is 4.57. The molecule has 6 nitrogen and oxygen atoms in total. The van der Waals surface area contributed by atoms with Gasteiger partial charge in [-0.1, -0.05) is 41.9 Å². The van der Waals surface area contributed by atoms with E-state index in [0.717, 1.165) is 11.1 Å². The maximum absolute atomic E-state index is 13.1. The van der Waals surface area contributed by atoms with Gasteiger partial charge in [-0.25, -0.2) is 14.3 Å². The van der Waals surface area contributed by atoms with Crippen LogP contribution in [0.2, 0.25) is 5.02 Å². The summed E-state index contributed by atoms with van der Waals surface area (Å²) in [6.07, 6.45) is 1.61. The quantitative estimate of drug-likeness (QED) is 0.533. The fraction of sp³-hybridized carbons (Fsp3) is 0.190. The second-order valence-corrected chi connectivity index (χ2v) is 7.05. The number of nitrogens with zero attached hydrogens (tertiary/aromatic N) is 4. The Morgan fingerprint density at radius 3 is 2.57 bits per heavy atom. The molecular formula is C21H19ClN4O2. The Hall–Kier alpha value is -3.12. The summed E-state index contributed by atoms with van der Waals surface area (Å²) in [5, 5.41) is 0.506. The first-order valence-electron chi connectivity index (χ1n) is 9.02.